The summed E-state index contributed by atoms with van der Waals surface area (Å²) < 4.78 is 5.45. The Morgan fingerprint density at radius 2 is 1.83 bits per heavy atom. The number of amides is 1. The first-order valence-corrected chi connectivity index (χ1v) is 9.51. The van der Waals surface area contributed by atoms with Crippen molar-refractivity contribution >= 4 is 5.91 Å². The molecule has 150 valence electrons. The van der Waals surface area contributed by atoms with Crippen molar-refractivity contribution in [2.45, 2.75) is 26.8 Å². The van der Waals surface area contributed by atoms with E-state index in [0.717, 1.165) is 33.7 Å². The van der Waals surface area contributed by atoms with Crippen LogP contribution in [-0.4, -0.2) is 35.1 Å². The average Bonchev–Trinajstić information content (AvgIpc) is 2.72. The maximum Gasteiger partial charge on any atom is 0.257 e. The van der Waals surface area contributed by atoms with Gasteiger partial charge in [0.25, 0.3) is 5.91 Å². The zero-order valence-corrected chi connectivity index (χ0v) is 17.3. The third kappa shape index (κ3) is 4.57. The van der Waals surface area contributed by atoms with Crippen LogP contribution in [0.4, 0.5) is 0 Å². The molecule has 0 radical (unpaired) electrons. The van der Waals surface area contributed by atoms with Crippen molar-refractivity contribution in [3.05, 3.63) is 88.2 Å². The molecule has 0 bridgehead atoms. The Labute approximate surface area is 171 Å². The number of nitrogens with zero attached hydrogens (tertiary/aromatic N) is 2. The van der Waals surface area contributed by atoms with Crippen molar-refractivity contribution < 1.29 is 14.6 Å². The molecule has 1 aromatic heterocycles. The minimum atomic E-state index is -0.252. The molecule has 0 unspecified atom stereocenters. The Hall–Kier alpha value is -3.34. The molecule has 1 heterocycles. The summed E-state index contributed by atoms with van der Waals surface area (Å²) in [4.78, 5) is 19.0. The largest absolute Gasteiger partial charge is 0.507 e. The van der Waals surface area contributed by atoms with Crippen LogP contribution in [0.2, 0.25) is 0 Å². The zero-order chi connectivity index (χ0) is 21.0. The first kappa shape index (κ1) is 20.4. The van der Waals surface area contributed by atoms with Crippen molar-refractivity contribution in [2.75, 3.05) is 14.2 Å². The lowest BCUT2D eigenvalue weighted by molar-refractivity contribution is 0.0780. The molecule has 0 saturated heterocycles. The highest BCUT2D eigenvalue weighted by Gasteiger charge is 2.19. The van der Waals surface area contributed by atoms with Gasteiger partial charge in [-0.05, 0) is 43.5 Å². The Morgan fingerprint density at radius 1 is 1.10 bits per heavy atom. The number of carbonyl (C=O) groups is 1. The summed E-state index contributed by atoms with van der Waals surface area (Å²) in [5.74, 6) is 0.506. The lowest BCUT2D eigenvalue weighted by atomic mass is 10.0. The van der Waals surface area contributed by atoms with Gasteiger partial charge in [0.2, 0.25) is 0 Å². The Kier molecular flexibility index (Phi) is 6.17. The van der Waals surface area contributed by atoms with E-state index in [2.05, 4.69) is 4.98 Å². The van der Waals surface area contributed by atoms with Gasteiger partial charge in [-0.25, -0.2) is 0 Å². The first-order chi connectivity index (χ1) is 13.9. The minimum Gasteiger partial charge on any atom is -0.507 e. The van der Waals surface area contributed by atoms with Gasteiger partial charge in [-0.15, -0.1) is 0 Å². The van der Waals surface area contributed by atoms with Gasteiger partial charge in [-0.1, -0.05) is 36.4 Å². The van der Waals surface area contributed by atoms with Crippen LogP contribution >= 0.6 is 0 Å². The van der Waals surface area contributed by atoms with Gasteiger partial charge in [0.1, 0.15) is 11.5 Å². The molecule has 3 rings (SSSR count). The molecule has 29 heavy (non-hydrogen) atoms. The predicted molar refractivity (Wildman–Crippen MR) is 113 cm³/mol. The van der Waals surface area contributed by atoms with Crippen molar-refractivity contribution in [3.63, 3.8) is 0 Å². The Bertz CT molecular complexity index is 1020. The molecule has 2 aromatic carbocycles. The van der Waals surface area contributed by atoms with Crippen molar-refractivity contribution in [1.82, 2.24) is 9.88 Å². The van der Waals surface area contributed by atoms with Gasteiger partial charge >= 0.3 is 0 Å². The molecule has 5 nitrogen and oxygen atoms in total. The quantitative estimate of drug-likeness (QED) is 0.683. The van der Waals surface area contributed by atoms with Gasteiger partial charge in [0, 0.05) is 24.4 Å². The van der Waals surface area contributed by atoms with E-state index in [9.17, 15) is 9.90 Å². The third-order valence-corrected chi connectivity index (χ3v) is 5.03. The smallest absolute Gasteiger partial charge is 0.257 e. The van der Waals surface area contributed by atoms with E-state index in [1.54, 1.807) is 37.4 Å². The third-order valence-electron chi connectivity index (χ3n) is 5.03. The van der Waals surface area contributed by atoms with Gasteiger partial charge in [0.05, 0.1) is 24.9 Å². The van der Waals surface area contributed by atoms with Crippen molar-refractivity contribution in [3.8, 4) is 11.5 Å². The number of phenols is 1. The molecule has 0 spiro atoms. The van der Waals surface area contributed by atoms with Crippen LogP contribution in [0, 0.1) is 13.8 Å². The van der Waals surface area contributed by atoms with Crippen LogP contribution in [0.1, 0.15) is 38.3 Å². The van der Waals surface area contributed by atoms with Crippen LogP contribution in [0.5, 0.6) is 11.5 Å². The molecular weight excluding hydrogens is 364 g/mol. The second-order valence-electron chi connectivity index (χ2n) is 7.22. The minimum absolute atomic E-state index is 0.0233. The highest BCUT2D eigenvalue weighted by atomic mass is 16.5. The highest BCUT2D eigenvalue weighted by molar-refractivity contribution is 5.96. The second kappa shape index (κ2) is 8.78. The summed E-state index contributed by atoms with van der Waals surface area (Å²) in [5, 5.41) is 10.3. The number of methoxy groups -OCH3 is 1. The lowest BCUT2D eigenvalue weighted by Crippen LogP contribution is -2.27. The van der Waals surface area contributed by atoms with Gasteiger partial charge in [-0.2, -0.15) is 0 Å². The zero-order valence-electron chi connectivity index (χ0n) is 17.3. The van der Waals surface area contributed by atoms with E-state index >= 15 is 0 Å². The number of pyridine rings is 1. The van der Waals surface area contributed by atoms with Crippen LogP contribution in [0.25, 0.3) is 0 Å². The molecule has 0 aliphatic carbocycles. The SMILES string of the molecule is COc1c(C)cnc(CN(C)C(=O)c2cc(Cc3ccccc3)ccc2O)c1C. The Morgan fingerprint density at radius 3 is 2.52 bits per heavy atom. The standard InChI is InChI=1S/C24H26N2O3/c1-16-14-25-21(17(2)23(16)29-4)15-26(3)24(28)20-13-19(10-11-22(20)27)12-18-8-6-5-7-9-18/h5-11,13-14,27H,12,15H2,1-4H3. The van der Waals surface area contributed by atoms with Crippen LogP contribution in [0.15, 0.2) is 54.7 Å². The molecule has 0 fully saturated rings. The van der Waals surface area contributed by atoms with Gasteiger partial charge in [0.15, 0.2) is 0 Å². The summed E-state index contributed by atoms with van der Waals surface area (Å²) in [6.45, 7) is 4.20. The summed E-state index contributed by atoms with van der Waals surface area (Å²) in [7, 11) is 3.34. The van der Waals surface area contributed by atoms with E-state index in [-0.39, 0.29) is 17.2 Å². The highest BCUT2D eigenvalue weighted by Crippen LogP contribution is 2.26. The van der Waals surface area contributed by atoms with E-state index in [1.807, 2.05) is 50.2 Å². The number of rotatable bonds is 6. The topological polar surface area (TPSA) is 62.7 Å². The molecule has 0 saturated carbocycles. The monoisotopic (exact) mass is 390 g/mol. The predicted octanol–water partition coefficient (Wildman–Crippen LogP) is 4.28. The molecule has 3 aromatic rings. The number of ether oxygens (including phenoxy) is 1. The van der Waals surface area contributed by atoms with E-state index in [4.69, 9.17) is 4.74 Å². The Balaban J connectivity index is 1.82. The van der Waals surface area contributed by atoms with E-state index in [0.29, 0.717) is 13.0 Å². The molecule has 0 aliphatic rings. The van der Waals surface area contributed by atoms with Crippen molar-refractivity contribution in [2.24, 2.45) is 0 Å². The molecule has 0 aliphatic heterocycles. The number of aromatic hydroxyl groups is 1. The molecule has 1 N–H and O–H groups in total. The fourth-order valence-corrected chi connectivity index (χ4v) is 3.43. The van der Waals surface area contributed by atoms with Crippen LogP contribution < -0.4 is 4.74 Å². The first-order valence-electron chi connectivity index (χ1n) is 9.51. The van der Waals surface area contributed by atoms with Crippen LogP contribution in [0.3, 0.4) is 0 Å². The van der Waals surface area contributed by atoms with Gasteiger partial charge in [-0.3, -0.25) is 9.78 Å². The fraction of sp³-hybridized carbons (Fsp3) is 0.250. The number of hydrogen-bond acceptors (Lipinski definition) is 4. The maximum atomic E-state index is 13.0. The fourth-order valence-electron chi connectivity index (χ4n) is 3.43. The number of hydrogen-bond donors (Lipinski definition) is 1. The number of phenolic OH excluding ortho intramolecular Hbond substituents is 1. The summed E-state index contributed by atoms with van der Waals surface area (Å²) >= 11 is 0. The summed E-state index contributed by atoms with van der Waals surface area (Å²) in [6, 6.07) is 15.2. The number of carbonyl (C=O) groups excluding carboxylic acids is 1. The number of aryl methyl sites for hydroxylation is 1. The van der Waals surface area contributed by atoms with E-state index < -0.39 is 0 Å². The summed E-state index contributed by atoms with van der Waals surface area (Å²) in [6.07, 6.45) is 2.44. The van der Waals surface area contributed by atoms with Crippen LogP contribution in [-0.2, 0) is 13.0 Å². The number of aromatic nitrogens is 1. The normalized spacial score (nSPS) is 10.6. The summed E-state index contributed by atoms with van der Waals surface area (Å²) in [5.41, 5.74) is 5.04. The second-order valence-corrected chi connectivity index (χ2v) is 7.22. The van der Waals surface area contributed by atoms with Gasteiger partial charge < -0.3 is 14.7 Å². The molecule has 0 atom stereocenters. The molecule has 1 amide bonds. The molecule has 5 heteroatoms. The number of benzene rings is 2. The lowest BCUT2D eigenvalue weighted by Gasteiger charge is -2.20. The van der Waals surface area contributed by atoms with E-state index in [1.165, 1.54) is 0 Å². The average molecular weight is 390 g/mol. The molecular formula is C24H26N2O3. The maximum absolute atomic E-state index is 13.0. The van der Waals surface area contributed by atoms with Crippen molar-refractivity contribution in [1.29, 1.82) is 0 Å².